The van der Waals surface area contributed by atoms with Crippen LogP contribution >= 0.6 is 0 Å². The van der Waals surface area contributed by atoms with Gasteiger partial charge in [-0.05, 0) is 31.5 Å². The van der Waals surface area contributed by atoms with Crippen molar-refractivity contribution in [2.24, 2.45) is 4.99 Å². The highest BCUT2D eigenvalue weighted by molar-refractivity contribution is 5.79. The Balaban J connectivity index is 2.44. The minimum atomic E-state index is 0.558. The Morgan fingerprint density at radius 1 is 1.04 bits per heavy atom. The van der Waals surface area contributed by atoms with E-state index in [4.69, 9.17) is 14.2 Å². The van der Waals surface area contributed by atoms with Crippen LogP contribution in [0.15, 0.2) is 29.3 Å². The first-order chi connectivity index (χ1) is 11.3. The molecule has 0 radical (unpaired) electrons. The maximum atomic E-state index is 5.54. The molecule has 0 saturated carbocycles. The molecular formula is C17H29N3O3. The number of hydrogen-bond donors (Lipinski definition) is 2. The lowest BCUT2D eigenvalue weighted by Gasteiger charge is -2.11. The number of hydrogen-bond acceptors (Lipinski definition) is 4. The molecule has 0 bridgehead atoms. The second-order valence-electron chi connectivity index (χ2n) is 4.80. The molecule has 0 unspecified atom stereocenters. The van der Waals surface area contributed by atoms with Gasteiger partial charge in [-0.3, -0.25) is 0 Å². The SMILES string of the molecule is CCNC(=NCc1ccc(OCCOC)cc1)NCCOCC. The third-order valence-corrected chi connectivity index (χ3v) is 2.99. The summed E-state index contributed by atoms with van der Waals surface area (Å²) < 4.78 is 15.8. The zero-order valence-electron chi connectivity index (χ0n) is 14.4. The Kier molecular flexibility index (Phi) is 10.7. The van der Waals surface area contributed by atoms with Crippen LogP contribution in [-0.2, 0) is 16.0 Å². The molecule has 0 aliphatic rings. The molecule has 6 nitrogen and oxygen atoms in total. The van der Waals surface area contributed by atoms with Crippen LogP contribution in [0.2, 0.25) is 0 Å². The van der Waals surface area contributed by atoms with E-state index < -0.39 is 0 Å². The van der Waals surface area contributed by atoms with Gasteiger partial charge in [0.2, 0.25) is 0 Å². The van der Waals surface area contributed by atoms with Gasteiger partial charge in [-0.15, -0.1) is 0 Å². The van der Waals surface area contributed by atoms with Gasteiger partial charge in [0.05, 0.1) is 19.8 Å². The molecular weight excluding hydrogens is 294 g/mol. The summed E-state index contributed by atoms with van der Waals surface area (Å²) in [6.45, 7) is 8.77. The monoisotopic (exact) mass is 323 g/mol. The second kappa shape index (κ2) is 12.7. The topological polar surface area (TPSA) is 64.1 Å². The summed E-state index contributed by atoms with van der Waals surface area (Å²) in [7, 11) is 1.66. The maximum Gasteiger partial charge on any atom is 0.191 e. The molecule has 0 amide bonds. The van der Waals surface area contributed by atoms with E-state index in [1.165, 1.54) is 0 Å². The fourth-order valence-electron chi connectivity index (χ4n) is 1.83. The maximum absolute atomic E-state index is 5.54. The first kappa shape index (κ1) is 19.3. The lowest BCUT2D eigenvalue weighted by atomic mass is 10.2. The second-order valence-corrected chi connectivity index (χ2v) is 4.80. The summed E-state index contributed by atoms with van der Waals surface area (Å²) >= 11 is 0. The van der Waals surface area contributed by atoms with Gasteiger partial charge in [0.25, 0.3) is 0 Å². The van der Waals surface area contributed by atoms with Gasteiger partial charge in [0, 0.05) is 26.8 Å². The third kappa shape index (κ3) is 9.05. The Bertz CT molecular complexity index is 435. The fourth-order valence-corrected chi connectivity index (χ4v) is 1.83. The normalized spacial score (nSPS) is 11.3. The van der Waals surface area contributed by atoms with Crippen molar-refractivity contribution in [2.75, 3.05) is 46.6 Å². The lowest BCUT2D eigenvalue weighted by molar-refractivity contribution is 0.146. The minimum absolute atomic E-state index is 0.558. The number of guanidine groups is 1. The number of methoxy groups -OCH3 is 1. The molecule has 0 heterocycles. The van der Waals surface area contributed by atoms with Crippen molar-refractivity contribution in [3.05, 3.63) is 29.8 Å². The third-order valence-electron chi connectivity index (χ3n) is 2.99. The van der Waals surface area contributed by atoms with E-state index in [0.29, 0.717) is 26.4 Å². The highest BCUT2D eigenvalue weighted by atomic mass is 16.5. The summed E-state index contributed by atoms with van der Waals surface area (Å²) in [4.78, 5) is 4.56. The van der Waals surface area contributed by atoms with Crippen LogP contribution in [0.3, 0.4) is 0 Å². The van der Waals surface area contributed by atoms with Crippen molar-refractivity contribution in [3.63, 3.8) is 0 Å². The number of ether oxygens (including phenoxy) is 3. The largest absolute Gasteiger partial charge is 0.491 e. The highest BCUT2D eigenvalue weighted by Crippen LogP contribution is 2.12. The molecule has 2 N–H and O–H groups in total. The van der Waals surface area contributed by atoms with Crippen LogP contribution in [0.5, 0.6) is 5.75 Å². The van der Waals surface area contributed by atoms with E-state index in [0.717, 1.165) is 37.0 Å². The summed E-state index contributed by atoms with van der Waals surface area (Å²) in [5.41, 5.74) is 1.13. The molecule has 0 aromatic heterocycles. The summed E-state index contributed by atoms with van der Waals surface area (Å²) in [5, 5.41) is 6.47. The average molecular weight is 323 g/mol. The predicted octanol–water partition coefficient (Wildman–Crippen LogP) is 1.80. The van der Waals surface area contributed by atoms with Gasteiger partial charge in [0.15, 0.2) is 5.96 Å². The molecule has 0 aliphatic heterocycles. The average Bonchev–Trinajstić information content (AvgIpc) is 2.58. The van der Waals surface area contributed by atoms with Crippen molar-refractivity contribution in [2.45, 2.75) is 20.4 Å². The molecule has 0 aliphatic carbocycles. The first-order valence-electron chi connectivity index (χ1n) is 8.10. The van der Waals surface area contributed by atoms with Crippen LogP contribution in [0.25, 0.3) is 0 Å². The van der Waals surface area contributed by atoms with Gasteiger partial charge in [-0.1, -0.05) is 12.1 Å². The molecule has 1 aromatic carbocycles. The van der Waals surface area contributed by atoms with Gasteiger partial charge >= 0.3 is 0 Å². The van der Waals surface area contributed by atoms with E-state index in [1.807, 2.05) is 38.1 Å². The van der Waals surface area contributed by atoms with Crippen molar-refractivity contribution in [1.29, 1.82) is 0 Å². The van der Waals surface area contributed by atoms with Crippen LogP contribution in [0.4, 0.5) is 0 Å². The Morgan fingerprint density at radius 2 is 1.83 bits per heavy atom. The Morgan fingerprint density at radius 3 is 2.48 bits per heavy atom. The van der Waals surface area contributed by atoms with Crippen LogP contribution in [0.1, 0.15) is 19.4 Å². The van der Waals surface area contributed by atoms with Gasteiger partial charge in [-0.25, -0.2) is 4.99 Å². The van der Waals surface area contributed by atoms with Crippen LogP contribution in [0, 0.1) is 0 Å². The van der Waals surface area contributed by atoms with E-state index in [9.17, 15) is 0 Å². The molecule has 0 fully saturated rings. The quantitative estimate of drug-likeness (QED) is 0.369. The number of aliphatic imine (C=N–C) groups is 1. The van der Waals surface area contributed by atoms with E-state index in [1.54, 1.807) is 7.11 Å². The molecule has 0 atom stereocenters. The van der Waals surface area contributed by atoms with Crippen molar-refractivity contribution >= 4 is 5.96 Å². The molecule has 1 aromatic rings. The standard InChI is InChI=1S/C17H29N3O3/c1-4-18-17(19-10-11-22-5-2)20-14-15-6-8-16(9-7-15)23-13-12-21-3/h6-9H,4-5,10-14H2,1-3H3,(H2,18,19,20). The first-order valence-corrected chi connectivity index (χ1v) is 8.10. The molecule has 0 saturated heterocycles. The Hall–Kier alpha value is -1.79. The number of rotatable bonds is 11. The van der Waals surface area contributed by atoms with Gasteiger partial charge in [-0.2, -0.15) is 0 Å². The number of benzene rings is 1. The molecule has 23 heavy (non-hydrogen) atoms. The van der Waals surface area contributed by atoms with Crippen molar-refractivity contribution < 1.29 is 14.2 Å². The smallest absolute Gasteiger partial charge is 0.191 e. The highest BCUT2D eigenvalue weighted by Gasteiger charge is 1.98. The van der Waals surface area contributed by atoms with Gasteiger partial charge in [0.1, 0.15) is 12.4 Å². The predicted molar refractivity (Wildman–Crippen MR) is 93.1 cm³/mol. The van der Waals surface area contributed by atoms with Crippen LogP contribution in [-0.4, -0.2) is 52.6 Å². The van der Waals surface area contributed by atoms with E-state index in [2.05, 4.69) is 15.6 Å². The Labute approximate surface area is 139 Å². The summed E-state index contributed by atoms with van der Waals surface area (Å²) in [6, 6.07) is 7.96. The molecule has 130 valence electrons. The molecule has 6 heteroatoms. The summed E-state index contributed by atoms with van der Waals surface area (Å²) in [5.74, 6) is 1.64. The fraction of sp³-hybridized carbons (Fsp3) is 0.588. The zero-order chi connectivity index (χ0) is 16.8. The molecule has 1 rings (SSSR count). The summed E-state index contributed by atoms with van der Waals surface area (Å²) in [6.07, 6.45) is 0. The van der Waals surface area contributed by atoms with E-state index in [-0.39, 0.29) is 0 Å². The zero-order valence-corrected chi connectivity index (χ0v) is 14.4. The van der Waals surface area contributed by atoms with Crippen molar-refractivity contribution in [1.82, 2.24) is 10.6 Å². The van der Waals surface area contributed by atoms with E-state index >= 15 is 0 Å². The number of nitrogens with zero attached hydrogens (tertiary/aromatic N) is 1. The van der Waals surface area contributed by atoms with Crippen LogP contribution < -0.4 is 15.4 Å². The molecule has 0 spiro atoms. The number of nitrogens with one attached hydrogen (secondary N) is 2. The van der Waals surface area contributed by atoms with Crippen molar-refractivity contribution in [3.8, 4) is 5.75 Å². The minimum Gasteiger partial charge on any atom is -0.491 e. The lowest BCUT2D eigenvalue weighted by Crippen LogP contribution is -2.39. The van der Waals surface area contributed by atoms with Gasteiger partial charge < -0.3 is 24.8 Å².